The van der Waals surface area contributed by atoms with Crippen LogP contribution in [0.5, 0.6) is 0 Å². The molecule has 0 spiro atoms. The highest BCUT2D eigenvalue weighted by Crippen LogP contribution is 2.25. The molecule has 1 aromatic heterocycles. The summed E-state index contributed by atoms with van der Waals surface area (Å²) in [5.41, 5.74) is 0.757. The SMILES string of the molecule is CCc1ncc([N+](=O)[O-])c(Nc2ccc(CC)c(F)c2)n1. The Morgan fingerprint density at radius 3 is 2.67 bits per heavy atom. The van der Waals surface area contributed by atoms with Gasteiger partial charge in [0, 0.05) is 12.1 Å². The Kier molecular flexibility index (Phi) is 4.42. The second kappa shape index (κ2) is 6.25. The molecule has 1 N–H and O–H groups in total. The Morgan fingerprint density at radius 1 is 1.33 bits per heavy atom. The molecule has 1 aromatic carbocycles. The van der Waals surface area contributed by atoms with E-state index in [0.717, 1.165) is 6.20 Å². The first-order valence-electron chi connectivity index (χ1n) is 6.60. The van der Waals surface area contributed by atoms with Gasteiger partial charge < -0.3 is 5.32 Å². The monoisotopic (exact) mass is 290 g/mol. The predicted octanol–water partition coefficient (Wildman–Crippen LogP) is 3.39. The molecule has 0 aliphatic carbocycles. The molecule has 1 heterocycles. The minimum atomic E-state index is -0.571. The number of nitro groups is 1. The summed E-state index contributed by atoms with van der Waals surface area (Å²) >= 11 is 0. The van der Waals surface area contributed by atoms with Crippen molar-refractivity contribution in [1.29, 1.82) is 0 Å². The van der Waals surface area contributed by atoms with Crippen LogP contribution in [-0.2, 0) is 12.8 Å². The van der Waals surface area contributed by atoms with E-state index in [1.165, 1.54) is 6.07 Å². The van der Waals surface area contributed by atoms with Gasteiger partial charge in [0.25, 0.3) is 0 Å². The summed E-state index contributed by atoms with van der Waals surface area (Å²) in [5, 5.41) is 13.8. The van der Waals surface area contributed by atoms with Crippen LogP contribution in [0.25, 0.3) is 0 Å². The maximum atomic E-state index is 13.8. The van der Waals surface area contributed by atoms with Crippen molar-refractivity contribution in [3.63, 3.8) is 0 Å². The fourth-order valence-electron chi connectivity index (χ4n) is 1.86. The average molecular weight is 290 g/mol. The van der Waals surface area contributed by atoms with Crippen molar-refractivity contribution in [3.8, 4) is 0 Å². The zero-order valence-electron chi connectivity index (χ0n) is 11.8. The van der Waals surface area contributed by atoms with Crippen molar-refractivity contribution >= 4 is 17.2 Å². The summed E-state index contributed by atoms with van der Waals surface area (Å²) < 4.78 is 13.8. The van der Waals surface area contributed by atoms with Gasteiger partial charge in [0.15, 0.2) is 0 Å². The highest BCUT2D eigenvalue weighted by Gasteiger charge is 2.17. The molecule has 110 valence electrons. The zero-order valence-corrected chi connectivity index (χ0v) is 11.8. The van der Waals surface area contributed by atoms with E-state index in [0.29, 0.717) is 29.9 Å². The first kappa shape index (κ1) is 14.8. The topological polar surface area (TPSA) is 81.0 Å². The van der Waals surface area contributed by atoms with Crippen molar-refractivity contribution < 1.29 is 9.31 Å². The molecule has 0 unspecified atom stereocenters. The van der Waals surface area contributed by atoms with Crippen molar-refractivity contribution in [2.45, 2.75) is 26.7 Å². The minimum absolute atomic E-state index is 0.0653. The lowest BCUT2D eigenvalue weighted by molar-refractivity contribution is -0.384. The quantitative estimate of drug-likeness (QED) is 0.674. The van der Waals surface area contributed by atoms with Crippen LogP contribution in [0.15, 0.2) is 24.4 Å². The third-order valence-electron chi connectivity index (χ3n) is 3.03. The van der Waals surface area contributed by atoms with Gasteiger partial charge in [-0.25, -0.2) is 14.4 Å². The summed E-state index contributed by atoms with van der Waals surface area (Å²) in [6.07, 6.45) is 2.29. The second-order valence-corrected chi connectivity index (χ2v) is 4.42. The smallest absolute Gasteiger partial charge is 0.329 e. The Labute approximate surface area is 121 Å². The van der Waals surface area contributed by atoms with Gasteiger partial charge in [0.2, 0.25) is 5.82 Å². The van der Waals surface area contributed by atoms with E-state index in [9.17, 15) is 14.5 Å². The van der Waals surface area contributed by atoms with Gasteiger partial charge in [-0.15, -0.1) is 0 Å². The van der Waals surface area contributed by atoms with E-state index >= 15 is 0 Å². The third kappa shape index (κ3) is 3.31. The van der Waals surface area contributed by atoms with Gasteiger partial charge in [-0.05, 0) is 24.1 Å². The van der Waals surface area contributed by atoms with Gasteiger partial charge in [-0.3, -0.25) is 10.1 Å². The molecule has 2 aromatic rings. The number of hydrogen-bond acceptors (Lipinski definition) is 5. The summed E-state index contributed by atoms with van der Waals surface area (Å²) in [6.45, 7) is 3.70. The largest absolute Gasteiger partial charge is 0.334 e. The highest BCUT2D eigenvalue weighted by atomic mass is 19.1. The Bertz CT molecular complexity index is 676. The van der Waals surface area contributed by atoms with E-state index in [4.69, 9.17) is 0 Å². The molecule has 6 nitrogen and oxygen atoms in total. The van der Waals surface area contributed by atoms with E-state index in [2.05, 4.69) is 15.3 Å². The van der Waals surface area contributed by atoms with E-state index in [1.54, 1.807) is 12.1 Å². The average Bonchev–Trinajstić information content (AvgIpc) is 2.47. The standard InChI is InChI=1S/C14H15FN4O2/c1-3-9-5-6-10(7-11(9)15)17-14-12(19(20)21)8-16-13(4-2)18-14/h5-8H,3-4H2,1-2H3,(H,16,17,18). The summed E-state index contributed by atoms with van der Waals surface area (Å²) in [7, 11) is 0. The Hall–Kier alpha value is -2.57. The number of hydrogen-bond donors (Lipinski definition) is 1. The van der Waals surface area contributed by atoms with Crippen LogP contribution in [0.4, 0.5) is 21.6 Å². The molecule has 0 saturated heterocycles. The number of anilines is 2. The van der Waals surface area contributed by atoms with Crippen LogP contribution in [-0.4, -0.2) is 14.9 Å². The number of nitrogens with one attached hydrogen (secondary N) is 1. The number of nitrogens with zero attached hydrogens (tertiary/aromatic N) is 3. The molecule has 0 aliphatic heterocycles. The maximum Gasteiger partial charge on any atom is 0.329 e. The van der Waals surface area contributed by atoms with Crippen LogP contribution >= 0.6 is 0 Å². The highest BCUT2D eigenvalue weighted by molar-refractivity contribution is 5.65. The number of aromatic nitrogens is 2. The lowest BCUT2D eigenvalue weighted by Gasteiger charge is -2.08. The molecule has 0 bridgehead atoms. The van der Waals surface area contributed by atoms with Gasteiger partial charge in [0.1, 0.15) is 17.8 Å². The van der Waals surface area contributed by atoms with Gasteiger partial charge >= 0.3 is 5.69 Å². The second-order valence-electron chi connectivity index (χ2n) is 4.42. The van der Waals surface area contributed by atoms with E-state index in [-0.39, 0.29) is 17.3 Å². The lowest BCUT2D eigenvalue weighted by Crippen LogP contribution is -2.04. The van der Waals surface area contributed by atoms with E-state index < -0.39 is 4.92 Å². The maximum absolute atomic E-state index is 13.8. The lowest BCUT2D eigenvalue weighted by atomic mass is 10.1. The third-order valence-corrected chi connectivity index (χ3v) is 3.03. The number of aryl methyl sites for hydroxylation is 2. The minimum Gasteiger partial charge on any atom is -0.334 e. The van der Waals surface area contributed by atoms with Crippen LogP contribution in [0, 0.1) is 15.9 Å². The van der Waals surface area contributed by atoms with Crippen LogP contribution in [0.1, 0.15) is 25.2 Å². The molecule has 7 heteroatoms. The van der Waals surface area contributed by atoms with Crippen molar-refractivity contribution in [1.82, 2.24) is 9.97 Å². The van der Waals surface area contributed by atoms with E-state index in [1.807, 2.05) is 13.8 Å². The number of rotatable bonds is 5. The van der Waals surface area contributed by atoms with Crippen LogP contribution in [0.2, 0.25) is 0 Å². The van der Waals surface area contributed by atoms with Crippen molar-refractivity contribution in [2.24, 2.45) is 0 Å². The molecule has 21 heavy (non-hydrogen) atoms. The van der Waals surface area contributed by atoms with Gasteiger partial charge in [-0.1, -0.05) is 19.9 Å². The van der Waals surface area contributed by atoms with Crippen LogP contribution < -0.4 is 5.32 Å². The molecule has 0 aliphatic rings. The number of benzene rings is 1. The molecule has 0 saturated carbocycles. The summed E-state index contributed by atoms with van der Waals surface area (Å²) in [5.74, 6) is 0.194. The molecule has 0 amide bonds. The van der Waals surface area contributed by atoms with Crippen molar-refractivity contribution in [3.05, 3.63) is 51.7 Å². The number of halogens is 1. The Balaban J connectivity index is 2.37. The van der Waals surface area contributed by atoms with Crippen molar-refractivity contribution in [2.75, 3.05) is 5.32 Å². The first-order valence-corrected chi connectivity index (χ1v) is 6.60. The molecule has 0 radical (unpaired) electrons. The zero-order chi connectivity index (χ0) is 15.4. The molecule has 0 fully saturated rings. The molecule has 0 atom stereocenters. The first-order chi connectivity index (χ1) is 10.0. The summed E-state index contributed by atoms with van der Waals surface area (Å²) in [4.78, 5) is 18.4. The molecule has 2 rings (SSSR count). The predicted molar refractivity (Wildman–Crippen MR) is 77.1 cm³/mol. The Morgan fingerprint density at radius 2 is 2.10 bits per heavy atom. The van der Waals surface area contributed by atoms with Crippen LogP contribution in [0.3, 0.4) is 0 Å². The summed E-state index contributed by atoms with van der Waals surface area (Å²) in [6, 6.07) is 4.61. The molecular formula is C14H15FN4O2. The molecular weight excluding hydrogens is 275 g/mol. The fourth-order valence-corrected chi connectivity index (χ4v) is 1.86. The fraction of sp³-hybridized carbons (Fsp3) is 0.286. The van der Waals surface area contributed by atoms with Gasteiger partial charge in [0.05, 0.1) is 4.92 Å². The normalized spacial score (nSPS) is 10.4. The van der Waals surface area contributed by atoms with Gasteiger partial charge in [-0.2, -0.15) is 0 Å².